The predicted octanol–water partition coefficient (Wildman–Crippen LogP) is 5.92. The number of hydrogen-bond acceptors (Lipinski definition) is 2. The fourth-order valence-corrected chi connectivity index (χ4v) is 3.73. The predicted molar refractivity (Wildman–Crippen MR) is 104 cm³/mol. The zero-order valence-electron chi connectivity index (χ0n) is 12.9. The van der Waals surface area contributed by atoms with E-state index in [1.54, 1.807) is 11.8 Å². The van der Waals surface area contributed by atoms with Crippen LogP contribution in [0.1, 0.15) is 10.8 Å². The lowest BCUT2D eigenvalue weighted by molar-refractivity contribution is -0.115. The minimum atomic E-state index is -0.319. The number of benzene rings is 3. The molecule has 3 rings (SSSR count). The molecule has 1 atom stereocenters. The van der Waals surface area contributed by atoms with Crippen molar-refractivity contribution in [2.45, 2.75) is 10.1 Å². The fourth-order valence-electron chi connectivity index (χ4n) is 2.30. The average Bonchev–Trinajstić information content (AvgIpc) is 2.63. The van der Waals surface area contributed by atoms with Crippen LogP contribution < -0.4 is 5.32 Å². The minimum Gasteiger partial charge on any atom is -0.324 e. The van der Waals surface area contributed by atoms with Crippen molar-refractivity contribution in [2.75, 3.05) is 5.32 Å². The molecule has 0 saturated heterocycles. The van der Waals surface area contributed by atoms with Crippen LogP contribution in [0.2, 0.25) is 0 Å². The number of thioether (sulfide) groups is 1. The molecule has 4 heteroatoms. The van der Waals surface area contributed by atoms with Gasteiger partial charge >= 0.3 is 0 Å². The highest BCUT2D eigenvalue weighted by Gasteiger charge is 2.22. The van der Waals surface area contributed by atoms with Crippen molar-refractivity contribution >= 4 is 39.3 Å². The maximum atomic E-state index is 12.9. The highest BCUT2D eigenvalue weighted by Crippen LogP contribution is 2.36. The Morgan fingerprint density at radius 1 is 0.833 bits per heavy atom. The van der Waals surface area contributed by atoms with Gasteiger partial charge in [0.05, 0.1) is 5.69 Å². The summed E-state index contributed by atoms with van der Waals surface area (Å²) in [6.45, 7) is 0. The van der Waals surface area contributed by atoms with Crippen molar-refractivity contribution in [3.63, 3.8) is 0 Å². The summed E-state index contributed by atoms with van der Waals surface area (Å²) in [5.74, 6) is -0.0399. The van der Waals surface area contributed by atoms with E-state index in [0.717, 1.165) is 20.6 Å². The molecule has 3 aromatic carbocycles. The molecule has 0 heterocycles. The molecule has 0 aliphatic heterocycles. The topological polar surface area (TPSA) is 29.1 Å². The molecule has 0 radical (unpaired) electrons. The Balaban J connectivity index is 1.87. The summed E-state index contributed by atoms with van der Waals surface area (Å²) in [5.41, 5.74) is 1.76. The minimum absolute atomic E-state index is 0.0399. The van der Waals surface area contributed by atoms with E-state index in [2.05, 4.69) is 21.2 Å². The maximum Gasteiger partial charge on any atom is 0.242 e. The molecule has 0 fully saturated rings. The number of carbonyl (C=O) groups is 1. The molecular weight excluding hydrogens is 382 g/mol. The van der Waals surface area contributed by atoms with E-state index in [1.165, 1.54) is 0 Å². The Morgan fingerprint density at radius 2 is 1.42 bits per heavy atom. The van der Waals surface area contributed by atoms with E-state index in [4.69, 9.17) is 0 Å². The van der Waals surface area contributed by atoms with Gasteiger partial charge in [0.1, 0.15) is 5.25 Å². The lowest BCUT2D eigenvalue weighted by atomic mass is 10.1. The molecule has 0 unspecified atom stereocenters. The molecule has 1 amide bonds. The van der Waals surface area contributed by atoms with E-state index >= 15 is 0 Å². The van der Waals surface area contributed by atoms with Gasteiger partial charge in [-0.25, -0.2) is 0 Å². The van der Waals surface area contributed by atoms with Gasteiger partial charge in [-0.3, -0.25) is 4.79 Å². The first kappa shape index (κ1) is 16.8. The molecule has 1 N–H and O–H groups in total. The summed E-state index contributed by atoms with van der Waals surface area (Å²) >= 11 is 5.02. The van der Waals surface area contributed by atoms with Gasteiger partial charge in [-0.15, -0.1) is 11.8 Å². The van der Waals surface area contributed by atoms with Crippen molar-refractivity contribution < 1.29 is 4.79 Å². The molecule has 0 spiro atoms. The third kappa shape index (κ3) is 4.28. The quantitative estimate of drug-likeness (QED) is 0.541. The number of amides is 1. The number of hydrogen-bond donors (Lipinski definition) is 1. The zero-order chi connectivity index (χ0) is 16.8. The number of halogens is 1. The van der Waals surface area contributed by atoms with Crippen molar-refractivity contribution in [2.24, 2.45) is 0 Å². The zero-order valence-corrected chi connectivity index (χ0v) is 15.3. The SMILES string of the molecule is O=C(Nc1ccccc1Br)[C@H](Sc1ccccc1)c1ccccc1. The van der Waals surface area contributed by atoms with Crippen molar-refractivity contribution in [3.05, 3.63) is 95.0 Å². The van der Waals surface area contributed by atoms with Crippen molar-refractivity contribution in [1.29, 1.82) is 0 Å². The van der Waals surface area contributed by atoms with Gasteiger partial charge < -0.3 is 5.32 Å². The van der Waals surface area contributed by atoms with Crippen LogP contribution in [0.25, 0.3) is 0 Å². The Kier molecular flexibility index (Phi) is 5.72. The smallest absolute Gasteiger partial charge is 0.242 e. The van der Waals surface area contributed by atoms with Crippen molar-refractivity contribution in [1.82, 2.24) is 0 Å². The van der Waals surface area contributed by atoms with Crippen LogP contribution in [-0.2, 0) is 4.79 Å². The Hall–Kier alpha value is -2.04. The normalized spacial score (nSPS) is 11.7. The third-order valence-electron chi connectivity index (χ3n) is 3.47. The largest absolute Gasteiger partial charge is 0.324 e. The first-order valence-corrected chi connectivity index (χ1v) is 9.23. The van der Waals surface area contributed by atoms with Crippen LogP contribution in [0.15, 0.2) is 94.3 Å². The van der Waals surface area contributed by atoms with E-state index in [9.17, 15) is 4.79 Å². The monoisotopic (exact) mass is 397 g/mol. The molecule has 2 nitrogen and oxygen atoms in total. The number of carbonyl (C=O) groups excluding carboxylic acids is 1. The van der Waals surface area contributed by atoms with Gasteiger partial charge in [-0.1, -0.05) is 60.7 Å². The summed E-state index contributed by atoms with van der Waals surface area (Å²) in [4.78, 5) is 14.0. The summed E-state index contributed by atoms with van der Waals surface area (Å²) in [7, 11) is 0. The second-order valence-corrected chi connectivity index (χ2v) is 7.22. The number of rotatable bonds is 5. The van der Waals surface area contributed by atoms with E-state index < -0.39 is 0 Å². The summed E-state index contributed by atoms with van der Waals surface area (Å²) in [6.07, 6.45) is 0. The average molecular weight is 398 g/mol. The second-order valence-electron chi connectivity index (χ2n) is 5.19. The Labute approximate surface area is 154 Å². The van der Waals surface area contributed by atoms with E-state index in [-0.39, 0.29) is 11.2 Å². The van der Waals surface area contributed by atoms with E-state index in [1.807, 2.05) is 84.9 Å². The van der Waals surface area contributed by atoms with Crippen LogP contribution in [0.3, 0.4) is 0 Å². The molecule has 0 saturated carbocycles. The highest BCUT2D eigenvalue weighted by molar-refractivity contribution is 9.10. The molecule has 120 valence electrons. The summed E-state index contributed by atoms with van der Waals surface area (Å²) < 4.78 is 0.870. The first-order valence-electron chi connectivity index (χ1n) is 7.56. The molecule has 0 bridgehead atoms. The number of para-hydroxylation sites is 1. The number of anilines is 1. The van der Waals surface area contributed by atoms with Gasteiger partial charge in [0.2, 0.25) is 5.91 Å². The van der Waals surface area contributed by atoms with Crippen LogP contribution in [-0.4, -0.2) is 5.91 Å². The maximum absolute atomic E-state index is 12.9. The van der Waals surface area contributed by atoms with Gasteiger partial charge in [-0.2, -0.15) is 0 Å². The van der Waals surface area contributed by atoms with Gasteiger partial charge in [0, 0.05) is 9.37 Å². The highest BCUT2D eigenvalue weighted by atomic mass is 79.9. The molecular formula is C20H16BrNOS. The summed E-state index contributed by atoms with van der Waals surface area (Å²) in [5, 5.41) is 2.70. The lowest BCUT2D eigenvalue weighted by Crippen LogP contribution is -2.19. The molecule has 0 aliphatic carbocycles. The van der Waals surface area contributed by atoms with Gasteiger partial charge in [0.25, 0.3) is 0 Å². The number of nitrogens with one attached hydrogen (secondary N) is 1. The van der Waals surface area contributed by atoms with Crippen LogP contribution in [0.4, 0.5) is 5.69 Å². The molecule has 24 heavy (non-hydrogen) atoms. The van der Waals surface area contributed by atoms with E-state index in [0.29, 0.717) is 0 Å². The lowest BCUT2D eigenvalue weighted by Gasteiger charge is -2.17. The fraction of sp³-hybridized carbons (Fsp3) is 0.0500. The Morgan fingerprint density at radius 3 is 2.08 bits per heavy atom. The Bertz CT molecular complexity index is 808. The standard InChI is InChI=1S/C20H16BrNOS/c21-17-13-7-8-14-18(17)22-20(23)19(15-9-3-1-4-10-15)24-16-11-5-2-6-12-16/h1-14,19H,(H,22,23)/t19-/m1/s1. The molecule has 0 aromatic heterocycles. The third-order valence-corrected chi connectivity index (χ3v) is 5.43. The van der Waals surface area contributed by atoms with Crippen LogP contribution in [0, 0.1) is 0 Å². The van der Waals surface area contributed by atoms with Crippen LogP contribution >= 0.6 is 27.7 Å². The van der Waals surface area contributed by atoms with Crippen molar-refractivity contribution in [3.8, 4) is 0 Å². The van der Waals surface area contributed by atoms with Crippen LogP contribution in [0.5, 0.6) is 0 Å². The molecule has 0 aliphatic rings. The molecule has 3 aromatic rings. The summed E-state index contributed by atoms with van der Waals surface area (Å²) in [6, 6.07) is 27.5. The second kappa shape index (κ2) is 8.18. The van der Waals surface area contributed by atoms with Gasteiger partial charge in [-0.05, 0) is 45.8 Å². The first-order chi connectivity index (χ1) is 11.7. The van der Waals surface area contributed by atoms with Gasteiger partial charge in [0.15, 0.2) is 0 Å².